The van der Waals surface area contributed by atoms with Crippen LogP contribution in [0.1, 0.15) is 15.9 Å². The number of halogens is 1. The molecule has 13 heavy (non-hydrogen) atoms. The van der Waals surface area contributed by atoms with Crippen LogP contribution in [0.25, 0.3) is 0 Å². The summed E-state index contributed by atoms with van der Waals surface area (Å²) < 4.78 is 13.2. The molecule has 1 rings (SSSR count). The molecule has 1 aromatic rings. The fourth-order valence-corrected chi connectivity index (χ4v) is 1.67. The Morgan fingerprint density at radius 3 is 2.62 bits per heavy atom. The molecule has 1 aromatic carbocycles. The highest BCUT2D eigenvalue weighted by Crippen LogP contribution is 2.22. The summed E-state index contributed by atoms with van der Waals surface area (Å²) in [5, 5.41) is 0. The summed E-state index contributed by atoms with van der Waals surface area (Å²) in [6, 6.07) is 2.81. The number of carbonyl (C=O) groups excluding carboxylic acids is 1. The van der Waals surface area contributed by atoms with Gasteiger partial charge < -0.3 is 5.73 Å². The van der Waals surface area contributed by atoms with Gasteiger partial charge in [0.1, 0.15) is 5.82 Å². The minimum Gasteiger partial charge on any atom is -0.366 e. The van der Waals surface area contributed by atoms with Crippen LogP contribution in [0.15, 0.2) is 17.0 Å². The number of hydrogen-bond acceptors (Lipinski definition) is 2. The molecule has 0 radical (unpaired) electrons. The number of thioether (sulfide) groups is 1. The Kier molecular flexibility index (Phi) is 2.93. The standard InChI is InChI=1S/C9H10FNOS/c1-5-3-6(9(11)12)7(10)4-8(5)13-2/h3-4H,1-2H3,(H2,11,12). The molecule has 2 nitrogen and oxygen atoms in total. The second-order valence-electron chi connectivity index (χ2n) is 2.67. The van der Waals surface area contributed by atoms with E-state index in [0.717, 1.165) is 10.5 Å². The number of primary amides is 1. The van der Waals surface area contributed by atoms with Crippen LogP contribution >= 0.6 is 11.8 Å². The van der Waals surface area contributed by atoms with Crippen LogP contribution < -0.4 is 5.73 Å². The minimum absolute atomic E-state index is 0.0460. The first-order valence-electron chi connectivity index (χ1n) is 3.70. The van der Waals surface area contributed by atoms with Crippen LogP contribution in [0, 0.1) is 12.7 Å². The first kappa shape index (κ1) is 10.1. The maximum absolute atomic E-state index is 13.2. The van der Waals surface area contributed by atoms with Crippen molar-refractivity contribution in [2.75, 3.05) is 6.26 Å². The van der Waals surface area contributed by atoms with Gasteiger partial charge in [0.25, 0.3) is 5.91 Å². The Bertz CT molecular complexity index is 352. The summed E-state index contributed by atoms with van der Waals surface area (Å²) in [4.78, 5) is 11.6. The molecule has 0 heterocycles. The average Bonchev–Trinajstić information content (AvgIpc) is 2.07. The summed E-state index contributed by atoms with van der Waals surface area (Å²) in [6.07, 6.45) is 1.85. The number of nitrogens with two attached hydrogens (primary N) is 1. The maximum Gasteiger partial charge on any atom is 0.251 e. The molecule has 4 heteroatoms. The van der Waals surface area contributed by atoms with Crippen molar-refractivity contribution in [1.29, 1.82) is 0 Å². The van der Waals surface area contributed by atoms with E-state index < -0.39 is 11.7 Å². The Balaban J connectivity index is 3.28. The van der Waals surface area contributed by atoms with Gasteiger partial charge in [0.2, 0.25) is 0 Å². The van der Waals surface area contributed by atoms with Crippen molar-refractivity contribution in [2.45, 2.75) is 11.8 Å². The lowest BCUT2D eigenvalue weighted by molar-refractivity contribution is 0.0996. The van der Waals surface area contributed by atoms with Crippen LogP contribution in [0.5, 0.6) is 0 Å². The highest BCUT2D eigenvalue weighted by atomic mass is 32.2. The van der Waals surface area contributed by atoms with Crippen LogP contribution in [-0.4, -0.2) is 12.2 Å². The summed E-state index contributed by atoms with van der Waals surface area (Å²) >= 11 is 1.44. The van der Waals surface area contributed by atoms with Gasteiger partial charge in [0.15, 0.2) is 0 Å². The van der Waals surface area contributed by atoms with Gasteiger partial charge in [-0.05, 0) is 30.9 Å². The molecule has 0 aliphatic carbocycles. The molecule has 0 bridgehead atoms. The van der Waals surface area contributed by atoms with Gasteiger partial charge in [-0.25, -0.2) is 4.39 Å². The number of rotatable bonds is 2. The van der Waals surface area contributed by atoms with E-state index in [1.54, 1.807) is 0 Å². The van der Waals surface area contributed by atoms with E-state index in [1.165, 1.54) is 23.9 Å². The first-order valence-corrected chi connectivity index (χ1v) is 4.92. The van der Waals surface area contributed by atoms with E-state index in [9.17, 15) is 9.18 Å². The van der Waals surface area contributed by atoms with Gasteiger partial charge in [-0.1, -0.05) is 0 Å². The molecule has 70 valence electrons. The predicted octanol–water partition coefficient (Wildman–Crippen LogP) is 1.95. The normalized spacial score (nSPS) is 10.1. The third-order valence-corrected chi connectivity index (χ3v) is 2.63. The number of hydrogen-bond donors (Lipinski definition) is 1. The Hall–Kier alpha value is -1.03. The highest BCUT2D eigenvalue weighted by molar-refractivity contribution is 7.98. The Labute approximate surface area is 80.3 Å². The molecule has 0 fully saturated rings. The van der Waals surface area contributed by atoms with Crippen LogP contribution in [-0.2, 0) is 0 Å². The Morgan fingerprint density at radius 2 is 2.15 bits per heavy atom. The van der Waals surface area contributed by atoms with Gasteiger partial charge in [-0.15, -0.1) is 11.8 Å². The van der Waals surface area contributed by atoms with Crippen molar-refractivity contribution in [3.63, 3.8) is 0 Å². The van der Waals surface area contributed by atoms with E-state index in [1.807, 2.05) is 13.2 Å². The van der Waals surface area contributed by atoms with Crippen LogP contribution in [0.4, 0.5) is 4.39 Å². The molecule has 0 aliphatic rings. The van der Waals surface area contributed by atoms with E-state index in [2.05, 4.69) is 0 Å². The molecule has 2 N–H and O–H groups in total. The highest BCUT2D eigenvalue weighted by Gasteiger charge is 2.10. The lowest BCUT2D eigenvalue weighted by Gasteiger charge is -2.05. The third kappa shape index (κ3) is 2.01. The molecule has 0 atom stereocenters. The van der Waals surface area contributed by atoms with Gasteiger partial charge in [0.05, 0.1) is 5.56 Å². The summed E-state index contributed by atoms with van der Waals surface area (Å²) in [7, 11) is 0. The largest absolute Gasteiger partial charge is 0.366 e. The van der Waals surface area contributed by atoms with Crippen molar-refractivity contribution in [2.24, 2.45) is 5.73 Å². The number of amides is 1. The van der Waals surface area contributed by atoms with E-state index in [0.29, 0.717) is 0 Å². The second-order valence-corrected chi connectivity index (χ2v) is 3.51. The van der Waals surface area contributed by atoms with Crippen LogP contribution in [0.3, 0.4) is 0 Å². The summed E-state index contributed by atoms with van der Waals surface area (Å²) in [5.41, 5.74) is 5.81. The van der Waals surface area contributed by atoms with E-state index in [4.69, 9.17) is 5.73 Å². The van der Waals surface area contributed by atoms with Gasteiger partial charge in [-0.2, -0.15) is 0 Å². The van der Waals surface area contributed by atoms with Crippen LogP contribution in [0.2, 0.25) is 0 Å². The lowest BCUT2D eigenvalue weighted by Crippen LogP contribution is -2.13. The van der Waals surface area contributed by atoms with Crippen molar-refractivity contribution in [1.82, 2.24) is 0 Å². The number of carbonyl (C=O) groups is 1. The molecule has 0 saturated carbocycles. The van der Waals surface area contributed by atoms with Crippen molar-refractivity contribution >= 4 is 17.7 Å². The minimum atomic E-state index is -0.728. The zero-order chi connectivity index (χ0) is 10.0. The fraction of sp³-hybridized carbons (Fsp3) is 0.222. The molecule has 0 spiro atoms. The SMILES string of the molecule is CSc1cc(F)c(C(N)=O)cc1C. The maximum atomic E-state index is 13.2. The molecule has 0 unspecified atom stereocenters. The van der Waals surface area contributed by atoms with Gasteiger partial charge in [0, 0.05) is 4.90 Å². The molecule has 0 aliphatic heterocycles. The second kappa shape index (κ2) is 3.79. The average molecular weight is 199 g/mol. The molecule has 1 amide bonds. The lowest BCUT2D eigenvalue weighted by atomic mass is 10.1. The summed E-state index contributed by atoms with van der Waals surface area (Å²) in [5.74, 6) is -1.28. The van der Waals surface area contributed by atoms with Crippen molar-refractivity contribution in [3.05, 3.63) is 29.1 Å². The zero-order valence-corrected chi connectivity index (χ0v) is 8.24. The van der Waals surface area contributed by atoms with E-state index >= 15 is 0 Å². The zero-order valence-electron chi connectivity index (χ0n) is 7.43. The van der Waals surface area contributed by atoms with E-state index in [-0.39, 0.29) is 5.56 Å². The summed E-state index contributed by atoms with van der Waals surface area (Å²) in [6.45, 7) is 1.82. The topological polar surface area (TPSA) is 43.1 Å². The van der Waals surface area contributed by atoms with Crippen molar-refractivity contribution < 1.29 is 9.18 Å². The van der Waals surface area contributed by atoms with Gasteiger partial charge in [-0.3, -0.25) is 4.79 Å². The fourth-order valence-electron chi connectivity index (χ4n) is 1.07. The molecular formula is C9H10FNOS. The number of aryl methyl sites for hydroxylation is 1. The molecule has 0 aromatic heterocycles. The molecule has 0 saturated heterocycles. The monoisotopic (exact) mass is 199 g/mol. The van der Waals surface area contributed by atoms with Crippen molar-refractivity contribution in [3.8, 4) is 0 Å². The smallest absolute Gasteiger partial charge is 0.251 e. The molecular weight excluding hydrogens is 189 g/mol. The number of benzene rings is 1. The quantitative estimate of drug-likeness (QED) is 0.740. The third-order valence-electron chi connectivity index (χ3n) is 1.75. The first-order chi connectivity index (χ1) is 6.06. The van der Waals surface area contributed by atoms with Gasteiger partial charge >= 0.3 is 0 Å². The Morgan fingerprint density at radius 1 is 1.54 bits per heavy atom. The predicted molar refractivity (Wildman–Crippen MR) is 51.4 cm³/mol.